The van der Waals surface area contributed by atoms with Gasteiger partial charge in [-0.1, -0.05) is 39.3 Å². The van der Waals surface area contributed by atoms with Crippen LogP contribution in [0.25, 0.3) is 0 Å². The van der Waals surface area contributed by atoms with Crippen molar-refractivity contribution in [2.24, 2.45) is 22.2 Å². The first-order valence-electron chi connectivity index (χ1n) is 7.69. The third-order valence-corrected chi connectivity index (χ3v) is 3.56. The number of nitrogens with two attached hydrogens (primary N) is 1. The molecule has 0 fully saturated rings. The Balaban J connectivity index is 3.83. The average Bonchev–Trinajstić information content (AvgIpc) is 2.42. The normalized spacial score (nSPS) is 14.3. The van der Waals surface area contributed by atoms with E-state index < -0.39 is 0 Å². The summed E-state index contributed by atoms with van der Waals surface area (Å²) in [6.07, 6.45) is 2.75. The van der Waals surface area contributed by atoms with E-state index in [-0.39, 0.29) is 23.2 Å². The fraction of sp³-hybridized carbons (Fsp3) is 0.867. The number of oxime groups is 1. The smallest absolute Gasteiger partial charge is 0.236 e. The lowest BCUT2D eigenvalue weighted by molar-refractivity contribution is -0.122. The monoisotopic (exact) mass is 300 g/mol. The second-order valence-electron chi connectivity index (χ2n) is 6.64. The molecule has 21 heavy (non-hydrogen) atoms. The minimum absolute atomic E-state index is 0.0423. The molecule has 0 aliphatic carbocycles. The van der Waals surface area contributed by atoms with Crippen molar-refractivity contribution in [3.63, 3.8) is 0 Å². The van der Waals surface area contributed by atoms with Crippen LogP contribution in [0.15, 0.2) is 5.16 Å². The van der Waals surface area contributed by atoms with Crippen LogP contribution in [0.1, 0.15) is 53.9 Å². The Morgan fingerprint density at radius 3 is 2.43 bits per heavy atom. The number of carbonyl (C=O) groups excluding carboxylic acids is 1. The summed E-state index contributed by atoms with van der Waals surface area (Å²) in [6.45, 7) is 11.4. The van der Waals surface area contributed by atoms with Gasteiger partial charge in [-0.05, 0) is 32.2 Å². The molecule has 0 bridgehead atoms. The van der Waals surface area contributed by atoms with E-state index in [0.29, 0.717) is 12.5 Å². The van der Waals surface area contributed by atoms with E-state index in [0.717, 1.165) is 25.8 Å². The number of unbranched alkanes of at least 4 members (excludes halogenated alkanes) is 1. The molecule has 5 N–H and O–H groups in total. The number of nitrogens with zero attached hydrogens (tertiary/aromatic N) is 1. The zero-order valence-electron chi connectivity index (χ0n) is 14.1. The third kappa shape index (κ3) is 8.55. The lowest BCUT2D eigenvalue weighted by atomic mass is 9.86. The van der Waals surface area contributed by atoms with Gasteiger partial charge < -0.3 is 21.6 Å². The Kier molecular flexibility index (Phi) is 9.01. The Labute approximate surface area is 128 Å². The Morgan fingerprint density at radius 1 is 1.29 bits per heavy atom. The zero-order valence-corrected chi connectivity index (χ0v) is 14.1. The lowest BCUT2D eigenvalue weighted by Gasteiger charge is -2.22. The van der Waals surface area contributed by atoms with Gasteiger partial charge >= 0.3 is 0 Å². The van der Waals surface area contributed by atoms with Gasteiger partial charge in [-0.25, -0.2) is 0 Å². The average molecular weight is 300 g/mol. The van der Waals surface area contributed by atoms with Crippen molar-refractivity contribution in [1.29, 1.82) is 0 Å². The van der Waals surface area contributed by atoms with Gasteiger partial charge in [0.25, 0.3) is 0 Å². The maximum absolute atomic E-state index is 11.8. The molecule has 0 radical (unpaired) electrons. The first-order chi connectivity index (χ1) is 9.70. The molecule has 124 valence electrons. The largest absolute Gasteiger partial charge is 0.409 e. The molecule has 0 aliphatic rings. The van der Waals surface area contributed by atoms with E-state index in [1.54, 1.807) is 0 Å². The predicted molar refractivity (Wildman–Crippen MR) is 86.4 cm³/mol. The maximum Gasteiger partial charge on any atom is 0.236 e. The summed E-state index contributed by atoms with van der Waals surface area (Å²) in [5, 5.41) is 17.9. The van der Waals surface area contributed by atoms with Crippen LogP contribution in [-0.4, -0.2) is 36.1 Å². The number of hydrogen-bond donors (Lipinski definition) is 4. The molecule has 0 heterocycles. The number of amides is 1. The van der Waals surface area contributed by atoms with Gasteiger partial charge in [0.2, 0.25) is 5.91 Å². The van der Waals surface area contributed by atoms with Gasteiger partial charge in [-0.15, -0.1) is 0 Å². The molecule has 0 spiro atoms. The summed E-state index contributed by atoms with van der Waals surface area (Å²) in [5.41, 5.74) is 5.35. The van der Waals surface area contributed by atoms with E-state index >= 15 is 0 Å². The minimum atomic E-state index is -0.297. The second-order valence-corrected chi connectivity index (χ2v) is 6.64. The van der Waals surface area contributed by atoms with Crippen LogP contribution in [0.2, 0.25) is 0 Å². The van der Waals surface area contributed by atoms with Crippen molar-refractivity contribution in [2.45, 2.75) is 59.9 Å². The highest BCUT2D eigenvalue weighted by molar-refractivity contribution is 5.85. The third-order valence-electron chi connectivity index (χ3n) is 3.56. The van der Waals surface area contributed by atoms with E-state index in [9.17, 15) is 4.79 Å². The SMILES string of the molecule is CC(C)CNC(=O)C(C)NCCCCC(C)(C)C(N)=NO. The predicted octanol–water partition coefficient (Wildman–Crippen LogP) is 1.68. The summed E-state index contributed by atoms with van der Waals surface area (Å²) >= 11 is 0. The fourth-order valence-electron chi connectivity index (χ4n) is 1.82. The molecule has 6 heteroatoms. The molecule has 0 rings (SSSR count). The molecular formula is C15H32N4O2. The molecule has 0 aromatic heterocycles. The number of nitrogens with one attached hydrogen (secondary N) is 2. The summed E-state index contributed by atoms with van der Waals surface area (Å²) < 4.78 is 0. The summed E-state index contributed by atoms with van der Waals surface area (Å²) in [6, 6.07) is -0.180. The second kappa shape index (κ2) is 9.60. The number of rotatable bonds is 10. The molecule has 0 aliphatic heterocycles. The highest BCUT2D eigenvalue weighted by Gasteiger charge is 2.22. The molecule has 0 saturated heterocycles. The highest BCUT2D eigenvalue weighted by atomic mass is 16.4. The van der Waals surface area contributed by atoms with Crippen LogP contribution in [-0.2, 0) is 4.79 Å². The van der Waals surface area contributed by atoms with Crippen molar-refractivity contribution in [1.82, 2.24) is 10.6 Å². The molecule has 0 aromatic carbocycles. The lowest BCUT2D eigenvalue weighted by Crippen LogP contribution is -2.43. The van der Waals surface area contributed by atoms with Crippen molar-refractivity contribution in [3.8, 4) is 0 Å². The molecular weight excluding hydrogens is 268 g/mol. The van der Waals surface area contributed by atoms with E-state index in [4.69, 9.17) is 10.9 Å². The molecule has 0 saturated carbocycles. The summed E-state index contributed by atoms with van der Waals surface area (Å²) in [4.78, 5) is 11.8. The van der Waals surface area contributed by atoms with Crippen molar-refractivity contribution < 1.29 is 10.0 Å². The molecule has 1 unspecified atom stereocenters. The van der Waals surface area contributed by atoms with Gasteiger partial charge in [0.15, 0.2) is 0 Å². The number of amidine groups is 1. The first-order valence-corrected chi connectivity index (χ1v) is 7.69. The Bertz CT molecular complexity index is 341. The maximum atomic E-state index is 11.8. The van der Waals surface area contributed by atoms with Crippen molar-refractivity contribution >= 4 is 11.7 Å². The van der Waals surface area contributed by atoms with Gasteiger partial charge in [0.1, 0.15) is 5.84 Å². The Hall–Kier alpha value is -1.30. The van der Waals surface area contributed by atoms with Crippen LogP contribution in [0.4, 0.5) is 0 Å². The van der Waals surface area contributed by atoms with Crippen molar-refractivity contribution in [2.75, 3.05) is 13.1 Å². The van der Waals surface area contributed by atoms with Gasteiger partial charge in [-0.2, -0.15) is 0 Å². The van der Waals surface area contributed by atoms with Crippen LogP contribution in [0.5, 0.6) is 0 Å². The molecule has 0 aromatic rings. The fourth-order valence-corrected chi connectivity index (χ4v) is 1.82. The standard InChI is InChI=1S/C15H32N4O2/c1-11(2)10-18-13(20)12(3)17-9-7-6-8-15(4,5)14(16)19-21/h11-12,17,21H,6-10H2,1-5H3,(H2,16,19)(H,18,20). The van der Waals surface area contributed by atoms with Crippen LogP contribution >= 0.6 is 0 Å². The summed E-state index contributed by atoms with van der Waals surface area (Å²) in [5.74, 6) is 0.764. The van der Waals surface area contributed by atoms with E-state index in [1.165, 1.54) is 0 Å². The highest BCUT2D eigenvalue weighted by Crippen LogP contribution is 2.23. The Morgan fingerprint density at radius 2 is 1.90 bits per heavy atom. The van der Waals surface area contributed by atoms with Crippen LogP contribution in [0.3, 0.4) is 0 Å². The van der Waals surface area contributed by atoms with Crippen LogP contribution < -0.4 is 16.4 Å². The van der Waals surface area contributed by atoms with Crippen molar-refractivity contribution in [3.05, 3.63) is 0 Å². The van der Waals surface area contributed by atoms with Gasteiger partial charge in [-0.3, -0.25) is 4.79 Å². The molecule has 6 nitrogen and oxygen atoms in total. The quantitative estimate of drug-likeness (QED) is 0.162. The molecule has 1 atom stereocenters. The molecule has 1 amide bonds. The van der Waals surface area contributed by atoms with E-state index in [1.807, 2.05) is 20.8 Å². The first kappa shape index (κ1) is 19.7. The number of carbonyl (C=O) groups is 1. The topological polar surface area (TPSA) is 99.7 Å². The van der Waals surface area contributed by atoms with Crippen LogP contribution in [0, 0.1) is 11.3 Å². The van der Waals surface area contributed by atoms with Gasteiger partial charge in [0.05, 0.1) is 6.04 Å². The van der Waals surface area contributed by atoms with E-state index in [2.05, 4.69) is 29.6 Å². The van der Waals surface area contributed by atoms with Gasteiger partial charge in [0, 0.05) is 12.0 Å². The number of hydrogen-bond acceptors (Lipinski definition) is 4. The zero-order chi connectivity index (χ0) is 16.5. The minimum Gasteiger partial charge on any atom is -0.409 e. The summed E-state index contributed by atoms with van der Waals surface area (Å²) in [7, 11) is 0.